The smallest absolute Gasteiger partial charge is 0.253 e. The summed E-state index contributed by atoms with van der Waals surface area (Å²) in [6.07, 6.45) is 1.15. The summed E-state index contributed by atoms with van der Waals surface area (Å²) < 4.78 is 18.8. The molecule has 0 aromatic heterocycles. The Kier molecular flexibility index (Phi) is 5.17. The molecule has 2 aliphatic rings. The number of nitrogens with one attached hydrogen (secondary N) is 1. The van der Waals surface area contributed by atoms with Gasteiger partial charge in [0.15, 0.2) is 0 Å². The molecule has 6 nitrogen and oxygen atoms in total. The van der Waals surface area contributed by atoms with E-state index >= 15 is 0 Å². The van der Waals surface area contributed by atoms with Crippen LogP contribution in [0.25, 0.3) is 0 Å². The molecule has 0 spiro atoms. The van der Waals surface area contributed by atoms with Gasteiger partial charge in [-0.15, -0.1) is 0 Å². The first-order valence-electron chi connectivity index (χ1n) is 9.56. The highest BCUT2D eigenvalue weighted by Gasteiger charge is 2.40. The zero-order valence-electron chi connectivity index (χ0n) is 15.7. The van der Waals surface area contributed by atoms with E-state index in [-0.39, 0.29) is 29.6 Å². The Labute approximate surface area is 167 Å². The zero-order valence-corrected chi connectivity index (χ0v) is 15.7. The first kappa shape index (κ1) is 18.9. The van der Waals surface area contributed by atoms with Crippen molar-refractivity contribution in [2.45, 2.75) is 18.9 Å². The number of carbonyl (C=O) groups excluding carboxylic acids is 2. The predicted octanol–water partition coefficient (Wildman–Crippen LogP) is 3.11. The number of nitriles is 1. The molecule has 2 aromatic carbocycles. The minimum Gasteiger partial charge on any atom is -0.457 e. The molecule has 2 amide bonds. The van der Waals surface area contributed by atoms with Crippen molar-refractivity contribution >= 4 is 11.8 Å². The maximum absolute atomic E-state index is 13.0. The second-order valence-electron chi connectivity index (χ2n) is 7.42. The fraction of sp³-hybridized carbons (Fsp3) is 0.318. The minimum absolute atomic E-state index is 0.0179. The number of piperidine rings is 2. The molecule has 3 unspecified atom stereocenters. The van der Waals surface area contributed by atoms with Crippen molar-refractivity contribution in [3.63, 3.8) is 0 Å². The fourth-order valence-corrected chi connectivity index (χ4v) is 3.96. The van der Waals surface area contributed by atoms with E-state index in [9.17, 15) is 14.0 Å². The molecule has 2 heterocycles. The van der Waals surface area contributed by atoms with Gasteiger partial charge in [0.2, 0.25) is 5.91 Å². The van der Waals surface area contributed by atoms with Gasteiger partial charge in [0, 0.05) is 24.7 Å². The maximum Gasteiger partial charge on any atom is 0.253 e. The number of halogens is 1. The average molecular weight is 393 g/mol. The van der Waals surface area contributed by atoms with Gasteiger partial charge in [-0.25, -0.2) is 4.39 Å². The molecule has 0 bridgehead atoms. The standard InChI is InChI=1S/C22H20FN3O3/c23-17-4-6-18(7-5-17)29-19-3-1-2-14(11-19)22(28)26-9-8-20-16(13-26)10-15(12-24)21(27)25-20/h1-7,11,15-16,20H,8-10,13H2,(H,25,27). The van der Waals surface area contributed by atoms with Crippen molar-refractivity contribution in [2.24, 2.45) is 11.8 Å². The van der Waals surface area contributed by atoms with E-state index in [1.165, 1.54) is 24.3 Å². The summed E-state index contributed by atoms with van der Waals surface area (Å²) >= 11 is 0. The molecule has 1 N–H and O–H groups in total. The van der Waals surface area contributed by atoms with Crippen LogP contribution in [-0.2, 0) is 4.79 Å². The van der Waals surface area contributed by atoms with E-state index in [0.717, 1.165) is 0 Å². The van der Waals surface area contributed by atoms with Crippen molar-refractivity contribution in [1.82, 2.24) is 10.2 Å². The van der Waals surface area contributed by atoms with Gasteiger partial charge in [0.1, 0.15) is 23.2 Å². The molecule has 2 aromatic rings. The van der Waals surface area contributed by atoms with Gasteiger partial charge in [0.25, 0.3) is 5.91 Å². The highest BCUT2D eigenvalue weighted by molar-refractivity contribution is 5.94. The molecule has 2 saturated heterocycles. The number of hydrogen-bond acceptors (Lipinski definition) is 4. The van der Waals surface area contributed by atoms with Gasteiger partial charge in [0.05, 0.1) is 6.07 Å². The van der Waals surface area contributed by atoms with Crippen molar-refractivity contribution in [3.8, 4) is 17.6 Å². The number of rotatable bonds is 3. The van der Waals surface area contributed by atoms with E-state index in [2.05, 4.69) is 5.32 Å². The lowest BCUT2D eigenvalue weighted by atomic mass is 9.80. The highest BCUT2D eigenvalue weighted by Crippen LogP contribution is 2.30. The van der Waals surface area contributed by atoms with Gasteiger partial charge in [-0.2, -0.15) is 5.26 Å². The molecule has 2 fully saturated rings. The lowest BCUT2D eigenvalue weighted by molar-refractivity contribution is -0.128. The summed E-state index contributed by atoms with van der Waals surface area (Å²) in [5.41, 5.74) is 0.500. The summed E-state index contributed by atoms with van der Waals surface area (Å²) in [5.74, 6) is -0.267. The summed E-state index contributed by atoms with van der Waals surface area (Å²) in [6, 6.07) is 14.6. The van der Waals surface area contributed by atoms with Crippen LogP contribution in [0.3, 0.4) is 0 Å². The van der Waals surface area contributed by atoms with E-state index < -0.39 is 5.92 Å². The molecule has 2 aliphatic heterocycles. The minimum atomic E-state index is -0.654. The Balaban J connectivity index is 1.45. The topological polar surface area (TPSA) is 82.4 Å². The zero-order chi connectivity index (χ0) is 20.4. The number of carbonyl (C=O) groups is 2. The van der Waals surface area contributed by atoms with Gasteiger partial charge < -0.3 is 15.0 Å². The number of likely N-dealkylation sites (tertiary alicyclic amines) is 1. The second-order valence-corrected chi connectivity index (χ2v) is 7.42. The number of nitrogens with zero attached hydrogens (tertiary/aromatic N) is 2. The molecular formula is C22H20FN3O3. The SMILES string of the molecule is N#CC1CC2CN(C(=O)c3cccc(Oc4ccc(F)cc4)c3)CCC2NC1=O. The molecule has 7 heteroatoms. The van der Waals surface area contributed by atoms with Crippen LogP contribution in [0.2, 0.25) is 0 Å². The van der Waals surface area contributed by atoms with Crippen LogP contribution in [0.1, 0.15) is 23.2 Å². The van der Waals surface area contributed by atoms with Gasteiger partial charge in [-0.3, -0.25) is 9.59 Å². The third-order valence-electron chi connectivity index (χ3n) is 5.49. The Hall–Kier alpha value is -3.40. The first-order chi connectivity index (χ1) is 14.0. The fourth-order valence-electron chi connectivity index (χ4n) is 3.96. The molecule has 0 aliphatic carbocycles. The Morgan fingerprint density at radius 3 is 2.76 bits per heavy atom. The lowest BCUT2D eigenvalue weighted by Gasteiger charge is -2.42. The largest absolute Gasteiger partial charge is 0.457 e. The number of benzene rings is 2. The molecule has 0 saturated carbocycles. The van der Waals surface area contributed by atoms with Gasteiger partial charge in [-0.1, -0.05) is 6.07 Å². The van der Waals surface area contributed by atoms with E-state index in [4.69, 9.17) is 10.00 Å². The average Bonchev–Trinajstić information content (AvgIpc) is 2.74. The van der Waals surface area contributed by atoms with E-state index in [1.54, 1.807) is 29.2 Å². The maximum atomic E-state index is 13.0. The third kappa shape index (κ3) is 4.06. The molecule has 148 valence electrons. The number of hydrogen-bond donors (Lipinski definition) is 1. The number of amides is 2. The Morgan fingerprint density at radius 1 is 1.21 bits per heavy atom. The van der Waals surface area contributed by atoms with Gasteiger partial charge >= 0.3 is 0 Å². The van der Waals surface area contributed by atoms with E-state index in [1.807, 2.05) is 6.07 Å². The summed E-state index contributed by atoms with van der Waals surface area (Å²) in [4.78, 5) is 26.6. The Bertz CT molecular complexity index is 970. The lowest BCUT2D eigenvalue weighted by Crippen LogP contribution is -2.57. The van der Waals surface area contributed by atoms with E-state index in [0.29, 0.717) is 43.0 Å². The van der Waals surface area contributed by atoms with Crippen LogP contribution < -0.4 is 10.1 Å². The molecule has 29 heavy (non-hydrogen) atoms. The second kappa shape index (κ2) is 7.92. The number of ether oxygens (including phenoxy) is 1. The van der Waals surface area contributed by atoms with Crippen LogP contribution in [0.5, 0.6) is 11.5 Å². The van der Waals surface area contributed by atoms with Gasteiger partial charge in [-0.05, 0) is 61.2 Å². The molecule has 4 rings (SSSR count). The molecule has 0 radical (unpaired) electrons. The van der Waals surface area contributed by atoms with Crippen LogP contribution in [0.4, 0.5) is 4.39 Å². The van der Waals surface area contributed by atoms with Crippen molar-refractivity contribution < 1.29 is 18.7 Å². The van der Waals surface area contributed by atoms with Crippen molar-refractivity contribution in [3.05, 3.63) is 59.9 Å². The Morgan fingerprint density at radius 2 is 2.00 bits per heavy atom. The van der Waals surface area contributed by atoms with Crippen molar-refractivity contribution in [2.75, 3.05) is 13.1 Å². The normalized spacial score (nSPS) is 23.5. The summed E-state index contributed by atoms with van der Waals surface area (Å²) in [7, 11) is 0. The third-order valence-corrected chi connectivity index (χ3v) is 5.49. The first-order valence-corrected chi connectivity index (χ1v) is 9.56. The summed E-state index contributed by atoms with van der Waals surface area (Å²) in [5, 5.41) is 12.1. The van der Waals surface area contributed by atoms with Crippen LogP contribution in [0.15, 0.2) is 48.5 Å². The highest BCUT2D eigenvalue weighted by atomic mass is 19.1. The summed E-state index contributed by atoms with van der Waals surface area (Å²) in [6.45, 7) is 1.05. The monoisotopic (exact) mass is 393 g/mol. The number of fused-ring (bicyclic) bond motifs is 1. The quantitative estimate of drug-likeness (QED) is 0.869. The van der Waals surface area contributed by atoms with Crippen molar-refractivity contribution in [1.29, 1.82) is 5.26 Å². The van der Waals surface area contributed by atoms with Crippen LogP contribution in [-0.4, -0.2) is 35.8 Å². The van der Waals surface area contributed by atoms with Crippen LogP contribution in [0, 0.1) is 29.0 Å². The van der Waals surface area contributed by atoms with Crippen LogP contribution >= 0.6 is 0 Å². The molecule has 3 atom stereocenters. The predicted molar refractivity (Wildman–Crippen MR) is 103 cm³/mol. The molecular weight excluding hydrogens is 373 g/mol.